The Kier molecular flexibility index (Phi) is 5.88. The van der Waals surface area contributed by atoms with Gasteiger partial charge in [0, 0.05) is 22.5 Å². The van der Waals surface area contributed by atoms with Gasteiger partial charge in [-0.1, -0.05) is 48.9 Å². The quantitative estimate of drug-likeness (QED) is 0.598. The first-order chi connectivity index (χ1) is 13.1. The molecule has 7 heteroatoms. The van der Waals surface area contributed by atoms with Crippen LogP contribution in [0.3, 0.4) is 0 Å². The van der Waals surface area contributed by atoms with Crippen molar-refractivity contribution in [2.75, 3.05) is 6.54 Å². The van der Waals surface area contributed by atoms with E-state index < -0.39 is 11.9 Å². The van der Waals surface area contributed by atoms with Gasteiger partial charge >= 0.3 is 6.03 Å². The van der Waals surface area contributed by atoms with Crippen LogP contribution in [0.15, 0.2) is 54.6 Å². The summed E-state index contributed by atoms with van der Waals surface area (Å²) in [6.45, 7) is 2.47. The van der Waals surface area contributed by atoms with Gasteiger partial charge in [-0.3, -0.25) is 10.2 Å². The highest BCUT2D eigenvalue weighted by Gasteiger charge is 2.14. The summed E-state index contributed by atoms with van der Waals surface area (Å²) < 4.78 is 0. The first kappa shape index (κ1) is 18.7. The van der Waals surface area contributed by atoms with E-state index in [2.05, 4.69) is 21.2 Å². The van der Waals surface area contributed by atoms with Crippen LogP contribution in [0.1, 0.15) is 23.7 Å². The lowest BCUT2D eigenvalue weighted by molar-refractivity contribution is 0.0938. The van der Waals surface area contributed by atoms with E-state index in [4.69, 9.17) is 11.6 Å². The molecule has 1 aromatic heterocycles. The molecule has 0 radical (unpaired) electrons. The van der Waals surface area contributed by atoms with Crippen molar-refractivity contribution >= 4 is 34.4 Å². The summed E-state index contributed by atoms with van der Waals surface area (Å²) in [6, 6.07) is 15.8. The summed E-state index contributed by atoms with van der Waals surface area (Å²) in [5, 5.41) is 3.95. The molecule has 0 saturated heterocycles. The molecule has 0 unspecified atom stereocenters. The molecule has 3 aromatic rings. The monoisotopic (exact) mass is 382 g/mol. The summed E-state index contributed by atoms with van der Waals surface area (Å²) in [7, 11) is 0. The van der Waals surface area contributed by atoms with Gasteiger partial charge in [0.05, 0.1) is 16.8 Å². The van der Waals surface area contributed by atoms with Crippen LogP contribution in [-0.2, 0) is 0 Å². The molecule has 27 heavy (non-hydrogen) atoms. The molecule has 2 aromatic carbocycles. The second kappa shape index (κ2) is 8.51. The number of urea groups is 1. The first-order valence-electron chi connectivity index (χ1n) is 8.58. The van der Waals surface area contributed by atoms with Gasteiger partial charge in [-0.15, -0.1) is 0 Å². The molecule has 6 nitrogen and oxygen atoms in total. The minimum Gasteiger partial charge on any atom is -0.337 e. The number of hydrogen-bond donors (Lipinski definition) is 3. The van der Waals surface area contributed by atoms with E-state index >= 15 is 0 Å². The van der Waals surface area contributed by atoms with Crippen LogP contribution in [0.25, 0.3) is 22.2 Å². The first-order valence-corrected chi connectivity index (χ1v) is 8.96. The second-order valence-electron chi connectivity index (χ2n) is 5.91. The van der Waals surface area contributed by atoms with Gasteiger partial charge in [0.2, 0.25) is 0 Å². The van der Waals surface area contributed by atoms with Gasteiger partial charge < -0.3 is 5.32 Å². The maximum absolute atomic E-state index is 12.7. The van der Waals surface area contributed by atoms with Crippen molar-refractivity contribution in [3.63, 3.8) is 0 Å². The maximum Gasteiger partial charge on any atom is 0.333 e. The summed E-state index contributed by atoms with van der Waals surface area (Å²) in [6.07, 6.45) is 0.806. The number of fused-ring (bicyclic) bond motifs is 1. The van der Waals surface area contributed by atoms with E-state index in [9.17, 15) is 9.59 Å². The standard InChI is InChI=1S/C20H19ClN4O2/c1-2-11-22-20(27)25-24-19(26)16-12-18(13-7-9-14(21)10-8-13)23-17-6-4-3-5-15(16)17/h3-10,12H,2,11H2,1H3,(H,24,26)(H2,22,25,27). The van der Waals surface area contributed by atoms with E-state index in [1.807, 2.05) is 43.3 Å². The van der Waals surface area contributed by atoms with Crippen LogP contribution in [0, 0.1) is 0 Å². The van der Waals surface area contributed by atoms with E-state index in [1.165, 1.54) is 0 Å². The number of rotatable bonds is 4. The molecule has 0 spiro atoms. The summed E-state index contributed by atoms with van der Waals surface area (Å²) >= 11 is 5.95. The predicted octanol–water partition coefficient (Wildman–Crippen LogP) is 3.91. The van der Waals surface area contributed by atoms with Gasteiger partial charge in [0.15, 0.2) is 0 Å². The van der Waals surface area contributed by atoms with Crippen molar-refractivity contribution in [1.29, 1.82) is 0 Å². The zero-order valence-electron chi connectivity index (χ0n) is 14.8. The van der Waals surface area contributed by atoms with Gasteiger partial charge in [-0.25, -0.2) is 15.2 Å². The van der Waals surface area contributed by atoms with Crippen molar-refractivity contribution in [2.45, 2.75) is 13.3 Å². The molecule has 0 aliphatic heterocycles. The highest BCUT2D eigenvalue weighted by atomic mass is 35.5. The summed E-state index contributed by atoms with van der Waals surface area (Å²) in [5.41, 5.74) is 7.39. The molecule has 3 N–H and O–H groups in total. The lowest BCUT2D eigenvalue weighted by Gasteiger charge is -2.12. The van der Waals surface area contributed by atoms with Crippen LogP contribution in [0.4, 0.5) is 4.79 Å². The second-order valence-corrected chi connectivity index (χ2v) is 6.35. The zero-order valence-corrected chi connectivity index (χ0v) is 15.5. The van der Waals surface area contributed by atoms with E-state index in [0.717, 1.165) is 12.0 Å². The average Bonchev–Trinajstić information content (AvgIpc) is 2.70. The maximum atomic E-state index is 12.7. The molecule has 0 aliphatic rings. The van der Waals surface area contributed by atoms with Gasteiger partial charge in [-0.2, -0.15) is 0 Å². The molecule has 0 aliphatic carbocycles. The Morgan fingerprint density at radius 3 is 2.52 bits per heavy atom. The fraction of sp³-hybridized carbons (Fsp3) is 0.150. The Labute approximate surface area is 161 Å². The predicted molar refractivity (Wildman–Crippen MR) is 106 cm³/mol. The zero-order chi connectivity index (χ0) is 19.2. The fourth-order valence-electron chi connectivity index (χ4n) is 2.60. The van der Waals surface area contributed by atoms with Gasteiger partial charge in [-0.05, 0) is 30.7 Å². The van der Waals surface area contributed by atoms with Crippen LogP contribution in [0.5, 0.6) is 0 Å². The van der Waals surface area contributed by atoms with Crippen LogP contribution >= 0.6 is 11.6 Å². The largest absolute Gasteiger partial charge is 0.337 e. The highest BCUT2D eigenvalue weighted by Crippen LogP contribution is 2.25. The molecule has 3 amide bonds. The number of pyridine rings is 1. The number of carbonyl (C=O) groups is 2. The number of benzene rings is 2. The van der Waals surface area contributed by atoms with E-state index in [0.29, 0.717) is 33.7 Å². The molecule has 138 valence electrons. The number of halogens is 1. The van der Waals surface area contributed by atoms with Crippen molar-refractivity contribution in [3.05, 3.63) is 65.2 Å². The van der Waals surface area contributed by atoms with Gasteiger partial charge in [0.25, 0.3) is 5.91 Å². The number of nitrogens with one attached hydrogen (secondary N) is 3. The molecule has 3 rings (SSSR count). The van der Waals surface area contributed by atoms with Crippen molar-refractivity contribution in [2.24, 2.45) is 0 Å². The smallest absolute Gasteiger partial charge is 0.333 e. The number of carbonyl (C=O) groups excluding carboxylic acids is 2. The minimum atomic E-state index is -0.457. The highest BCUT2D eigenvalue weighted by molar-refractivity contribution is 6.30. The van der Waals surface area contributed by atoms with Crippen LogP contribution in [0.2, 0.25) is 5.02 Å². The molecule has 0 bridgehead atoms. The third kappa shape index (κ3) is 4.54. The third-order valence-corrected chi connectivity index (χ3v) is 4.18. The Morgan fingerprint density at radius 1 is 1.04 bits per heavy atom. The molecular weight excluding hydrogens is 364 g/mol. The van der Waals surface area contributed by atoms with E-state index in [1.54, 1.807) is 18.2 Å². The number of nitrogens with zero attached hydrogens (tertiary/aromatic N) is 1. The average molecular weight is 383 g/mol. The minimum absolute atomic E-state index is 0.418. The molecule has 0 saturated carbocycles. The summed E-state index contributed by atoms with van der Waals surface area (Å²) in [5.74, 6) is -0.421. The summed E-state index contributed by atoms with van der Waals surface area (Å²) in [4.78, 5) is 29.0. The molecule has 1 heterocycles. The number of para-hydroxylation sites is 1. The number of hydrogen-bond acceptors (Lipinski definition) is 3. The fourth-order valence-corrected chi connectivity index (χ4v) is 2.72. The number of amides is 3. The van der Waals surface area contributed by atoms with Crippen LogP contribution < -0.4 is 16.2 Å². The number of hydrazine groups is 1. The Bertz CT molecular complexity index is 973. The molecule has 0 atom stereocenters. The lowest BCUT2D eigenvalue weighted by atomic mass is 10.0. The molecular formula is C20H19ClN4O2. The Balaban J connectivity index is 1.92. The van der Waals surface area contributed by atoms with E-state index in [-0.39, 0.29) is 0 Å². The van der Waals surface area contributed by atoms with Crippen LogP contribution in [-0.4, -0.2) is 23.5 Å². The topological polar surface area (TPSA) is 83.1 Å². The third-order valence-electron chi connectivity index (χ3n) is 3.93. The Morgan fingerprint density at radius 2 is 1.78 bits per heavy atom. The Hall–Kier alpha value is -3.12. The SMILES string of the molecule is CCCNC(=O)NNC(=O)c1cc(-c2ccc(Cl)cc2)nc2ccccc12. The van der Waals surface area contributed by atoms with Crippen molar-refractivity contribution in [3.8, 4) is 11.3 Å². The van der Waals surface area contributed by atoms with Gasteiger partial charge in [0.1, 0.15) is 0 Å². The van der Waals surface area contributed by atoms with Crippen molar-refractivity contribution < 1.29 is 9.59 Å². The normalized spacial score (nSPS) is 10.4. The van der Waals surface area contributed by atoms with Crippen molar-refractivity contribution in [1.82, 2.24) is 21.2 Å². The lowest BCUT2D eigenvalue weighted by Crippen LogP contribution is -2.47. The molecule has 0 fully saturated rings. The number of aromatic nitrogens is 1.